The highest BCUT2D eigenvalue weighted by molar-refractivity contribution is 5.76. The average Bonchev–Trinajstić information content (AvgIpc) is 2.43. The van der Waals surface area contributed by atoms with Gasteiger partial charge in [0.2, 0.25) is 5.91 Å². The molecule has 0 unspecified atom stereocenters. The van der Waals surface area contributed by atoms with Gasteiger partial charge in [-0.15, -0.1) is 0 Å². The van der Waals surface area contributed by atoms with Gasteiger partial charge in [0.05, 0.1) is 13.7 Å². The number of ether oxygens (including phenoxy) is 2. The van der Waals surface area contributed by atoms with Gasteiger partial charge in [0.1, 0.15) is 0 Å². The van der Waals surface area contributed by atoms with Crippen molar-refractivity contribution in [2.75, 3.05) is 27.3 Å². The molecule has 106 valence electrons. The molecule has 5 nitrogen and oxygen atoms in total. The lowest BCUT2D eigenvalue weighted by atomic mass is 10.2. The van der Waals surface area contributed by atoms with E-state index in [4.69, 9.17) is 9.47 Å². The maximum Gasteiger partial charge on any atom is 0.221 e. The molecule has 0 radical (unpaired) electrons. The van der Waals surface area contributed by atoms with Crippen LogP contribution in [0.5, 0.6) is 11.5 Å². The van der Waals surface area contributed by atoms with Crippen molar-refractivity contribution in [3.63, 3.8) is 0 Å². The Kier molecular flexibility index (Phi) is 6.74. The van der Waals surface area contributed by atoms with Gasteiger partial charge in [0.15, 0.2) is 11.5 Å². The van der Waals surface area contributed by atoms with E-state index in [0.717, 1.165) is 5.56 Å². The molecule has 0 fully saturated rings. The second-order valence-corrected chi connectivity index (χ2v) is 4.05. The van der Waals surface area contributed by atoms with E-state index in [1.807, 2.05) is 32.2 Å². The van der Waals surface area contributed by atoms with E-state index in [1.165, 1.54) is 0 Å². The van der Waals surface area contributed by atoms with Crippen LogP contribution in [0.4, 0.5) is 0 Å². The Labute approximate surface area is 114 Å². The molecule has 5 heteroatoms. The Balaban J connectivity index is 2.58. The normalized spacial score (nSPS) is 10.1. The van der Waals surface area contributed by atoms with Gasteiger partial charge in [-0.3, -0.25) is 4.79 Å². The quantitative estimate of drug-likeness (QED) is 0.745. The first kappa shape index (κ1) is 15.3. The minimum Gasteiger partial charge on any atom is -0.493 e. The zero-order valence-corrected chi connectivity index (χ0v) is 11.8. The Bertz CT molecular complexity index is 408. The Morgan fingerprint density at radius 2 is 2.11 bits per heavy atom. The van der Waals surface area contributed by atoms with E-state index < -0.39 is 0 Å². The molecule has 2 N–H and O–H groups in total. The highest BCUT2D eigenvalue weighted by Crippen LogP contribution is 2.27. The van der Waals surface area contributed by atoms with Crippen molar-refractivity contribution in [3.05, 3.63) is 23.8 Å². The maximum absolute atomic E-state index is 11.5. The van der Waals surface area contributed by atoms with Crippen molar-refractivity contribution in [1.82, 2.24) is 10.6 Å². The first-order valence-corrected chi connectivity index (χ1v) is 6.42. The summed E-state index contributed by atoms with van der Waals surface area (Å²) in [5.41, 5.74) is 0.988. The summed E-state index contributed by atoms with van der Waals surface area (Å²) < 4.78 is 10.7. The molecule has 0 aromatic heterocycles. The lowest BCUT2D eigenvalue weighted by Crippen LogP contribution is -2.26. The molecule has 0 aliphatic heterocycles. The molecule has 1 rings (SSSR count). The summed E-state index contributed by atoms with van der Waals surface area (Å²) in [6.07, 6.45) is 0.477. The number of carbonyl (C=O) groups excluding carboxylic acids is 1. The molecule has 0 aliphatic carbocycles. The molecule has 0 spiro atoms. The number of nitrogens with one attached hydrogen (secondary N) is 2. The largest absolute Gasteiger partial charge is 0.493 e. The highest BCUT2D eigenvalue weighted by atomic mass is 16.5. The molecule has 1 amide bonds. The van der Waals surface area contributed by atoms with Crippen molar-refractivity contribution in [2.45, 2.75) is 19.9 Å². The molecule has 1 aromatic carbocycles. The van der Waals surface area contributed by atoms with Crippen LogP contribution in [0, 0.1) is 0 Å². The van der Waals surface area contributed by atoms with Crippen LogP contribution in [-0.2, 0) is 11.3 Å². The van der Waals surface area contributed by atoms with Crippen LogP contribution in [0.15, 0.2) is 18.2 Å². The van der Waals surface area contributed by atoms with Crippen LogP contribution >= 0.6 is 0 Å². The summed E-state index contributed by atoms with van der Waals surface area (Å²) >= 11 is 0. The number of benzene rings is 1. The van der Waals surface area contributed by atoms with Crippen molar-refractivity contribution in [1.29, 1.82) is 0 Å². The molecule has 1 aromatic rings. The predicted octanol–water partition coefficient (Wildman–Crippen LogP) is 1.32. The van der Waals surface area contributed by atoms with Crippen LogP contribution in [-0.4, -0.2) is 33.2 Å². The standard InChI is InChI=1S/C14H22N2O3/c1-4-19-13-9-11(5-6-12(13)18-3)10-16-14(17)7-8-15-2/h5-6,9,15H,4,7-8,10H2,1-3H3,(H,16,17). The second kappa shape index (κ2) is 8.37. The SMILES string of the molecule is CCOc1cc(CNC(=O)CCNC)ccc1OC. The van der Waals surface area contributed by atoms with Crippen molar-refractivity contribution in [3.8, 4) is 11.5 Å². The Morgan fingerprint density at radius 3 is 2.74 bits per heavy atom. The number of amides is 1. The predicted molar refractivity (Wildman–Crippen MR) is 74.6 cm³/mol. The third kappa shape index (κ3) is 5.18. The van der Waals surface area contributed by atoms with Crippen LogP contribution < -0.4 is 20.1 Å². The first-order valence-electron chi connectivity index (χ1n) is 6.42. The summed E-state index contributed by atoms with van der Waals surface area (Å²) in [4.78, 5) is 11.5. The minimum absolute atomic E-state index is 0.0307. The number of methoxy groups -OCH3 is 1. The van der Waals surface area contributed by atoms with E-state index >= 15 is 0 Å². The first-order chi connectivity index (χ1) is 9.21. The topological polar surface area (TPSA) is 59.6 Å². The smallest absolute Gasteiger partial charge is 0.221 e. The molecule has 0 bridgehead atoms. The molecule has 0 saturated carbocycles. The van der Waals surface area contributed by atoms with Crippen LogP contribution in [0.1, 0.15) is 18.9 Å². The third-order valence-corrected chi connectivity index (χ3v) is 2.62. The van der Waals surface area contributed by atoms with Crippen molar-refractivity contribution < 1.29 is 14.3 Å². The summed E-state index contributed by atoms with van der Waals surface area (Å²) in [5, 5.41) is 5.81. The van der Waals surface area contributed by atoms with Crippen molar-refractivity contribution >= 4 is 5.91 Å². The minimum atomic E-state index is 0.0307. The number of carbonyl (C=O) groups is 1. The van der Waals surface area contributed by atoms with Crippen LogP contribution in [0.3, 0.4) is 0 Å². The second-order valence-electron chi connectivity index (χ2n) is 4.05. The van der Waals surface area contributed by atoms with Gasteiger partial charge < -0.3 is 20.1 Å². The summed E-state index contributed by atoms with van der Waals surface area (Å²) in [6, 6.07) is 5.65. The molecule has 0 aliphatic rings. The zero-order chi connectivity index (χ0) is 14.1. The Morgan fingerprint density at radius 1 is 1.32 bits per heavy atom. The summed E-state index contributed by atoms with van der Waals surface area (Å²) in [6.45, 7) is 3.67. The maximum atomic E-state index is 11.5. The fraction of sp³-hybridized carbons (Fsp3) is 0.500. The van der Waals surface area contributed by atoms with E-state index in [2.05, 4.69) is 10.6 Å². The lowest BCUT2D eigenvalue weighted by molar-refractivity contribution is -0.121. The third-order valence-electron chi connectivity index (χ3n) is 2.62. The molecular formula is C14H22N2O3. The average molecular weight is 266 g/mol. The monoisotopic (exact) mass is 266 g/mol. The van der Waals surface area contributed by atoms with Gasteiger partial charge in [0.25, 0.3) is 0 Å². The van der Waals surface area contributed by atoms with Gasteiger partial charge in [-0.1, -0.05) is 6.07 Å². The van der Waals surface area contributed by atoms with Crippen molar-refractivity contribution in [2.24, 2.45) is 0 Å². The highest BCUT2D eigenvalue weighted by Gasteiger charge is 2.06. The van der Waals surface area contributed by atoms with Gasteiger partial charge >= 0.3 is 0 Å². The fourth-order valence-corrected chi connectivity index (χ4v) is 1.63. The van der Waals surface area contributed by atoms with Gasteiger partial charge in [0, 0.05) is 19.5 Å². The van der Waals surface area contributed by atoms with E-state index in [-0.39, 0.29) is 5.91 Å². The zero-order valence-electron chi connectivity index (χ0n) is 11.8. The molecular weight excluding hydrogens is 244 g/mol. The molecule has 19 heavy (non-hydrogen) atoms. The van der Waals surface area contributed by atoms with E-state index in [1.54, 1.807) is 7.11 Å². The summed E-state index contributed by atoms with van der Waals surface area (Å²) in [5.74, 6) is 1.43. The lowest BCUT2D eigenvalue weighted by Gasteiger charge is -2.11. The molecule has 0 heterocycles. The van der Waals surface area contributed by atoms with E-state index in [9.17, 15) is 4.79 Å². The van der Waals surface area contributed by atoms with Crippen LogP contribution in [0.2, 0.25) is 0 Å². The number of hydrogen-bond acceptors (Lipinski definition) is 4. The van der Waals surface area contributed by atoms with Gasteiger partial charge in [-0.05, 0) is 31.7 Å². The Hall–Kier alpha value is -1.75. The van der Waals surface area contributed by atoms with E-state index in [0.29, 0.717) is 37.6 Å². The molecule has 0 atom stereocenters. The van der Waals surface area contributed by atoms with Gasteiger partial charge in [-0.2, -0.15) is 0 Å². The molecule has 0 saturated heterocycles. The summed E-state index contributed by atoms with van der Waals surface area (Å²) in [7, 11) is 3.43. The number of hydrogen-bond donors (Lipinski definition) is 2. The number of rotatable bonds is 8. The van der Waals surface area contributed by atoms with Crippen LogP contribution in [0.25, 0.3) is 0 Å². The fourth-order valence-electron chi connectivity index (χ4n) is 1.63. The van der Waals surface area contributed by atoms with Gasteiger partial charge in [-0.25, -0.2) is 0 Å².